The Kier molecular flexibility index (Phi) is 4.70. The zero-order valence-corrected chi connectivity index (χ0v) is 12.5. The van der Waals surface area contributed by atoms with Gasteiger partial charge in [0.2, 0.25) is 0 Å². The third kappa shape index (κ3) is 4.39. The van der Waals surface area contributed by atoms with E-state index in [1.165, 1.54) is 12.1 Å². The summed E-state index contributed by atoms with van der Waals surface area (Å²) in [6.45, 7) is 0. The average Bonchev–Trinajstić information content (AvgIpc) is 2.37. The molecule has 2 rings (SSSR count). The number of rotatable bonds is 3. The molecule has 3 nitrogen and oxygen atoms in total. The minimum Gasteiger partial charge on any atom is -0.378 e. The fourth-order valence-electron chi connectivity index (χ4n) is 1.76. The molecule has 0 saturated heterocycles. The van der Waals surface area contributed by atoms with Crippen LogP contribution in [0.5, 0.6) is 0 Å². The first kappa shape index (κ1) is 15.2. The summed E-state index contributed by atoms with van der Waals surface area (Å²) in [5, 5.41) is 5.95. The van der Waals surface area contributed by atoms with E-state index in [4.69, 9.17) is 12.2 Å². The van der Waals surface area contributed by atoms with Gasteiger partial charge in [-0.1, -0.05) is 0 Å². The van der Waals surface area contributed by atoms with Gasteiger partial charge in [-0.25, -0.2) is 8.78 Å². The molecule has 6 heteroatoms. The molecule has 0 atom stereocenters. The second-order valence-electron chi connectivity index (χ2n) is 4.68. The van der Waals surface area contributed by atoms with Crippen LogP contribution < -0.4 is 15.5 Å². The first-order valence-electron chi connectivity index (χ1n) is 6.25. The van der Waals surface area contributed by atoms with Crippen LogP contribution in [-0.2, 0) is 0 Å². The van der Waals surface area contributed by atoms with E-state index < -0.39 is 11.6 Å². The number of nitrogens with one attached hydrogen (secondary N) is 2. The molecule has 0 fully saturated rings. The van der Waals surface area contributed by atoms with Crippen LogP contribution in [0.3, 0.4) is 0 Å². The lowest BCUT2D eigenvalue weighted by molar-refractivity contribution is 0.584. The van der Waals surface area contributed by atoms with Crippen LogP contribution in [0.2, 0.25) is 0 Å². The van der Waals surface area contributed by atoms with E-state index >= 15 is 0 Å². The summed E-state index contributed by atoms with van der Waals surface area (Å²) < 4.78 is 26.2. The Labute approximate surface area is 127 Å². The Morgan fingerprint density at radius 1 is 0.905 bits per heavy atom. The second-order valence-corrected chi connectivity index (χ2v) is 5.09. The lowest BCUT2D eigenvalue weighted by Gasteiger charge is -2.14. The molecule has 2 N–H and O–H groups in total. The van der Waals surface area contributed by atoms with Gasteiger partial charge in [0.1, 0.15) is 11.6 Å². The molecule has 0 radical (unpaired) electrons. The molecule has 0 amide bonds. The normalized spacial score (nSPS) is 10.1. The summed E-state index contributed by atoms with van der Waals surface area (Å²) in [6, 6.07) is 10.8. The average molecular weight is 307 g/mol. The van der Waals surface area contributed by atoms with Gasteiger partial charge in [-0.3, -0.25) is 0 Å². The molecule has 21 heavy (non-hydrogen) atoms. The SMILES string of the molecule is CN(C)c1ccc(NC(=S)Nc2cc(F)cc(F)c2)cc1. The van der Waals surface area contributed by atoms with Crippen LogP contribution in [-0.4, -0.2) is 19.2 Å². The topological polar surface area (TPSA) is 27.3 Å². The summed E-state index contributed by atoms with van der Waals surface area (Å²) >= 11 is 5.11. The minimum atomic E-state index is -0.657. The van der Waals surface area contributed by atoms with Crippen molar-refractivity contribution in [3.05, 3.63) is 54.1 Å². The number of hydrogen-bond acceptors (Lipinski definition) is 2. The first-order valence-corrected chi connectivity index (χ1v) is 6.66. The highest BCUT2D eigenvalue weighted by molar-refractivity contribution is 7.80. The number of hydrogen-bond donors (Lipinski definition) is 2. The lowest BCUT2D eigenvalue weighted by atomic mass is 10.2. The summed E-state index contributed by atoms with van der Waals surface area (Å²) in [7, 11) is 3.90. The molecule has 0 aliphatic carbocycles. The van der Waals surface area contributed by atoms with E-state index in [2.05, 4.69) is 10.6 Å². The van der Waals surface area contributed by atoms with Crippen molar-refractivity contribution in [1.82, 2.24) is 0 Å². The van der Waals surface area contributed by atoms with Crippen LogP contribution in [0.1, 0.15) is 0 Å². The van der Waals surface area contributed by atoms with E-state index in [1.54, 1.807) is 0 Å². The molecular weight excluding hydrogens is 292 g/mol. The van der Waals surface area contributed by atoms with Gasteiger partial charge >= 0.3 is 0 Å². The van der Waals surface area contributed by atoms with Gasteiger partial charge < -0.3 is 15.5 Å². The van der Waals surface area contributed by atoms with E-state index in [-0.39, 0.29) is 10.8 Å². The van der Waals surface area contributed by atoms with Gasteiger partial charge in [-0.15, -0.1) is 0 Å². The fraction of sp³-hybridized carbons (Fsp3) is 0.133. The quantitative estimate of drug-likeness (QED) is 0.843. The van der Waals surface area contributed by atoms with E-state index in [0.717, 1.165) is 17.4 Å². The highest BCUT2D eigenvalue weighted by Crippen LogP contribution is 2.17. The highest BCUT2D eigenvalue weighted by Gasteiger charge is 2.03. The van der Waals surface area contributed by atoms with Crippen LogP contribution in [0.15, 0.2) is 42.5 Å². The van der Waals surface area contributed by atoms with Crippen molar-refractivity contribution in [2.75, 3.05) is 29.6 Å². The maximum absolute atomic E-state index is 13.1. The van der Waals surface area contributed by atoms with Gasteiger partial charge in [-0.05, 0) is 48.6 Å². The first-order chi connectivity index (χ1) is 9.94. The van der Waals surface area contributed by atoms with Crippen LogP contribution in [0.4, 0.5) is 25.8 Å². The minimum absolute atomic E-state index is 0.259. The zero-order chi connectivity index (χ0) is 15.4. The lowest BCUT2D eigenvalue weighted by Crippen LogP contribution is -2.19. The molecule has 0 heterocycles. The van der Waals surface area contributed by atoms with Crippen molar-refractivity contribution in [2.45, 2.75) is 0 Å². The second kappa shape index (κ2) is 6.49. The van der Waals surface area contributed by atoms with E-state index in [9.17, 15) is 8.78 Å². The predicted molar refractivity (Wildman–Crippen MR) is 87.0 cm³/mol. The molecule has 110 valence electrons. The molecule has 2 aromatic rings. The third-order valence-electron chi connectivity index (χ3n) is 2.76. The van der Waals surface area contributed by atoms with Crippen molar-refractivity contribution in [2.24, 2.45) is 0 Å². The molecular formula is C15H15F2N3S. The van der Waals surface area contributed by atoms with E-state index in [1.807, 2.05) is 43.3 Å². The molecule has 0 unspecified atom stereocenters. The Morgan fingerprint density at radius 3 is 1.95 bits per heavy atom. The number of nitrogens with zero attached hydrogens (tertiary/aromatic N) is 1. The van der Waals surface area contributed by atoms with Crippen molar-refractivity contribution in [1.29, 1.82) is 0 Å². The fourth-order valence-corrected chi connectivity index (χ4v) is 2.00. The van der Waals surface area contributed by atoms with Gasteiger partial charge in [0, 0.05) is 37.2 Å². The maximum Gasteiger partial charge on any atom is 0.175 e. The Bertz CT molecular complexity index is 622. The zero-order valence-electron chi connectivity index (χ0n) is 11.7. The molecule has 0 aliphatic rings. The van der Waals surface area contributed by atoms with Crippen LogP contribution in [0, 0.1) is 11.6 Å². The smallest absolute Gasteiger partial charge is 0.175 e. The Balaban J connectivity index is 2.01. The highest BCUT2D eigenvalue weighted by atomic mass is 32.1. The Hall–Kier alpha value is -2.21. The van der Waals surface area contributed by atoms with Gasteiger partial charge in [0.25, 0.3) is 0 Å². The standard InChI is InChI=1S/C15H15F2N3S/c1-20(2)14-5-3-12(4-6-14)18-15(21)19-13-8-10(16)7-11(17)9-13/h3-9H,1-2H3,(H2,18,19,21). The van der Waals surface area contributed by atoms with Gasteiger partial charge in [-0.2, -0.15) is 0 Å². The molecule has 0 saturated carbocycles. The number of halogens is 2. The largest absolute Gasteiger partial charge is 0.378 e. The van der Waals surface area contributed by atoms with Crippen molar-refractivity contribution >= 4 is 34.4 Å². The number of anilines is 3. The molecule has 0 aliphatic heterocycles. The third-order valence-corrected chi connectivity index (χ3v) is 2.97. The molecule has 0 bridgehead atoms. The van der Waals surface area contributed by atoms with E-state index in [0.29, 0.717) is 0 Å². The van der Waals surface area contributed by atoms with Crippen LogP contribution in [0.25, 0.3) is 0 Å². The monoisotopic (exact) mass is 307 g/mol. The maximum atomic E-state index is 13.1. The van der Waals surface area contributed by atoms with Gasteiger partial charge in [0.15, 0.2) is 5.11 Å². The van der Waals surface area contributed by atoms with Crippen molar-refractivity contribution in [3.8, 4) is 0 Å². The number of benzene rings is 2. The molecule has 0 spiro atoms. The van der Waals surface area contributed by atoms with Crippen molar-refractivity contribution < 1.29 is 8.78 Å². The molecule has 0 aromatic heterocycles. The van der Waals surface area contributed by atoms with Crippen molar-refractivity contribution in [3.63, 3.8) is 0 Å². The molecule has 2 aromatic carbocycles. The predicted octanol–water partition coefficient (Wildman–Crippen LogP) is 3.84. The number of thiocarbonyl (C=S) groups is 1. The summed E-state index contributed by atoms with van der Waals surface area (Å²) in [4.78, 5) is 1.98. The van der Waals surface area contributed by atoms with Crippen LogP contribution >= 0.6 is 12.2 Å². The summed E-state index contributed by atoms with van der Waals surface area (Å²) in [6.07, 6.45) is 0. The Morgan fingerprint density at radius 2 is 1.43 bits per heavy atom. The van der Waals surface area contributed by atoms with Gasteiger partial charge in [0.05, 0.1) is 0 Å². The summed E-state index contributed by atoms with van der Waals surface area (Å²) in [5.74, 6) is -1.31. The summed E-state index contributed by atoms with van der Waals surface area (Å²) in [5.41, 5.74) is 2.11.